The summed E-state index contributed by atoms with van der Waals surface area (Å²) in [6.45, 7) is -0.246. The minimum Gasteiger partial charge on any atom is -0.396 e. The number of hydrogen-bond acceptors (Lipinski definition) is 5. The van der Waals surface area contributed by atoms with Crippen molar-refractivity contribution in [1.82, 2.24) is 15.0 Å². The standard InChI is InChI=1S/C20H17ClF2N4O2/c21-18-16(22)10-12(11-25-18)9-14(5-8-28)20(29)27-17-2-1-15(19(23)26-17)13-3-6-24-7-4-13/h1-4,6-7,10-11,14,28H,5,8-9H2,(H,26,27,29). The van der Waals surface area contributed by atoms with Crippen LogP contribution in [0.3, 0.4) is 0 Å². The molecule has 0 aromatic carbocycles. The molecule has 0 fully saturated rings. The normalized spacial score (nSPS) is 11.9. The molecule has 0 radical (unpaired) electrons. The Morgan fingerprint density at radius 3 is 2.62 bits per heavy atom. The number of hydrogen-bond donors (Lipinski definition) is 2. The molecule has 3 aromatic heterocycles. The molecule has 0 bridgehead atoms. The van der Waals surface area contributed by atoms with Gasteiger partial charge in [-0.05, 0) is 54.3 Å². The Kier molecular flexibility index (Phi) is 6.79. The number of pyridine rings is 3. The molecule has 3 heterocycles. The van der Waals surface area contributed by atoms with Crippen molar-refractivity contribution in [3.8, 4) is 11.1 Å². The minimum absolute atomic E-state index is 0.0358. The molecule has 0 spiro atoms. The third kappa shape index (κ3) is 5.30. The molecule has 0 aliphatic carbocycles. The van der Waals surface area contributed by atoms with E-state index in [4.69, 9.17) is 11.6 Å². The first kappa shape index (κ1) is 20.8. The van der Waals surface area contributed by atoms with Crippen LogP contribution in [-0.2, 0) is 11.2 Å². The highest BCUT2D eigenvalue weighted by Gasteiger charge is 2.21. The van der Waals surface area contributed by atoms with Crippen LogP contribution in [0, 0.1) is 17.7 Å². The van der Waals surface area contributed by atoms with E-state index in [0.29, 0.717) is 11.1 Å². The van der Waals surface area contributed by atoms with Crippen LogP contribution >= 0.6 is 11.6 Å². The molecule has 0 aliphatic heterocycles. The molecule has 3 aromatic rings. The van der Waals surface area contributed by atoms with Crippen molar-refractivity contribution >= 4 is 23.3 Å². The van der Waals surface area contributed by atoms with Crippen LogP contribution in [0.2, 0.25) is 5.15 Å². The van der Waals surface area contributed by atoms with Gasteiger partial charge >= 0.3 is 0 Å². The summed E-state index contributed by atoms with van der Waals surface area (Å²) in [5.74, 6) is -2.56. The molecule has 6 nitrogen and oxygen atoms in total. The summed E-state index contributed by atoms with van der Waals surface area (Å²) in [4.78, 5) is 24.0. The van der Waals surface area contributed by atoms with Gasteiger partial charge in [-0.25, -0.2) is 14.4 Å². The Morgan fingerprint density at radius 2 is 1.97 bits per heavy atom. The molecule has 2 N–H and O–H groups in total. The van der Waals surface area contributed by atoms with Crippen molar-refractivity contribution < 1.29 is 18.7 Å². The fraction of sp³-hybridized carbons (Fsp3) is 0.200. The van der Waals surface area contributed by atoms with Crippen LogP contribution in [0.1, 0.15) is 12.0 Å². The number of halogens is 3. The van der Waals surface area contributed by atoms with Crippen molar-refractivity contribution in [2.24, 2.45) is 5.92 Å². The maximum Gasteiger partial charge on any atom is 0.229 e. The zero-order valence-corrected chi connectivity index (χ0v) is 15.9. The van der Waals surface area contributed by atoms with Gasteiger partial charge in [-0.15, -0.1) is 0 Å². The molecule has 1 atom stereocenters. The smallest absolute Gasteiger partial charge is 0.229 e. The zero-order valence-electron chi connectivity index (χ0n) is 15.1. The van der Waals surface area contributed by atoms with Gasteiger partial charge in [0.2, 0.25) is 11.9 Å². The fourth-order valence-electron chi connectivity index (χ4n) is 2.82. The molecule has 29 heavy (non-hydrogen) atoms. The largest absolute Gasteiger partial charge is 0.396 e. The zero-order chi connectivity index (χ0) is 20.8. The van der Waals surface area contributed by atoms with Crippen LogP contribution in [0.25, 0.3) is 11.1 Å². The molecule has 1 unspecified atom stereocenters. The molecular formula is C20H17ClF2N4O2. The van der Waals surface area contributed by atoms with E-state index in [2.05, 4.69) is 20.3 Å². The Morgan fingerprint density at radius 1 is 1.21 bits per heavy atom. The minimum atomic E-state index is -0.739. The van der Waals surface area contributed by atoms with Crippen molar-refractivity contribution in [3.05, 3.63) is 71.4 Å². The lowest BCUT2D eigenvalue weighted by atomic mass is 9.96. The monoisotopic (exact) mass is 418 g/mol. The second kappa shape index (κ2) is 9.49. The fourth-order valence-corrected chi connectivity index (χ4v) is 2.92. The third-order valence-electron chi connectivity index (χ3n) is 4.27. The number of carbonyl (C=O) groups excluding carboxylic acids is 1. The van der Waals surface area contributed by atoms with E-state index in [9.17, 15) is 18.7 Å². The summed E-state index contributed by atoms with van der Waals surface area (Å²) in [6, 6.07) is 7.47. The van der Waals surface area contributed by atoms with Crippen LogP contribution < -0.4 is 5.32 Å². The highest BCUT2D eigenvalue weighted by Crippen LogP contribution is 2.23. The second-order valence-electron chi connectivity index (χ2n) is 6.29. The van der Waals surface area contributed by atoms with Gasteiger partial charge < -0.3 is 10.4 Å². The first-order valence-corrected chi connectivity index (χ1v) is 9.14. The van der Waals surface area contributed by atoms with E-state index >= 15 is 0 Å². The average molecular weight is 419 g/mol. The third-order valence-corrected chi connectivity index (χ3v) is 4.55. The van der Waals surface area contributed by atoms with Gasteiger partial charge in [-0.3, -0.25) is 9.78 Å². The summed E-state index contributed by atoms with van der Waals surface area (Å²) in [7, 11) is 0. The number of aromatic nitrogens is 3. The lowest BCUT2D eigenvalue weighted by Crippen LogP contribution is -2.26. The summed E-state index contributed by atoms with van der Waals surface area (Å²) >= 11 is 5.57. The number of anilines is 1. The number of amides is 1. The molecular weight excluding hydrogens is 402 g/mol. The molecule has 0 saturated heterocycles. The van der Waals surface area contributed by atoms with E-state index in [1.54, 1.807) is 24.5 Å². The van der Waals surface area contributed by atoms with Gasteiger partial charge in [-0.2, -0.15) is 4.39 Å². The maximum absolute atomic E-state index is 14.4. The highest BCUT2D eigenvalue weighted by atomic mass is 35.5. The van der Waals surface area contributed by atoms with E-state index in [-0.39, 0.29) is 36.0 Å². The maximum atomic E-state index is 14.4. The Labute approximate surface area is 170 Å². The van der Waals surface area contributed by atoms with Gasteiger partial charge in [0, 0.05) is 36.7 Å². The van der Waals surface area contributed by atoms with Crippen molar-refractivity contribution in [3.63, 3.8) is 0 Å². The van der Waals surface area contributed by atoms with Gasteiger partial charge in [0.05, 0.1) is 0 Å². The van der Waals surface area contributed by atoms with Crippen LogP contribution in [0.4, 0.5) is 14.6 Å². The molecule has 150 valence electrons. The average Bonchev–Trinajstić information content (AvgIpc) is 2.71. The number of aliphatic hydroxyl groups is 1. The van der Waals surface area contributed by atoms with Gasteiger partial charge in [0.1, 0.15) is 5.82 Å². The van der Waals surface area contributed by atoms with Gasteiger partial charge in [0.15, 0.2) is 11.0 Å². The predicted octanol–water partition coefficient (Wildman–Crippen LogP) is 3.65. The number of nitrogens with zero attached hydrogens (tertiary/aromatic N) is 3. The number of carbonyl (C=O) groups is 1. The molecule has 3 rings (SSSR count). The SMILES string of the molecule is O=C(Nc1ccc(-c2ccncc2)c(F)n1)C(CCO)Cc1cnc(Cl)c(F)c1. The number of nitrogens with one attached hydrogen (secondary N) is 1. The number of rotatable bonds is 7. The first-order chi connectivity index (χ1) is 14.0. The number of aliphatic hydroxyl groups excluding tert-OH is 1. The lowest BCUT2D eigenvalue weighted by Gasteiger charge is -2.16. The van der Waals surface area contributed by atoms with E-state index in [1.807, 2.05) is 0 Å². The molecule has 0 saturated carbocycles. The summed E-state index contributed by atoms with van der Waals surface area (Å²) in [6.07, 6.45) is 4.71. The summed E-state index contributed by atoms with van der Waals surface area (Å²) in [5, 5.41) is 11.5. The van der Waals surface area contributed by atoms with E-state index < -0.39 is 23.6 Å². The van der Waals surface area contributed by atoms with Crippen LogP contribution in [0.15, 0.2) is 48.9 Å². The predicted molar refractivity (Wildman–Crippen MR) is 104 cm³/mol. The molecule has 0 aliphatic rings. The highest BCUT2D eigenvalue weighted by molar-refractivity contribution is 6.29. The molecule has 1 amide bonds. The first-order valence-electron chi connectivity index (χ1n) is 8.76. The Bertz CT molecular complexity index is 1010. The van der Waals surface area contributed by atoms with E-state index in [0.717, 1.165) is 0 Å². The van der Waals surface area contributed by atoms with Crippen molar-refractivity contribution in [2.45, 2.75) is 12.8 Å². The summed E-state index contributed by atoms with van der Waals surface area (Å²) in [5.41, 5.74) is 1.34. The van der Waals surface area contributed by atoms with Crippen molar-refractivity contribution in [1.29, 1.82) is 0 Å². The van der Waals surface area contributed by atoms with Gasteiger partial charge in [0.25, 0.3) is 0 Å². The van der Waals surface area contributed by atoms with Crippen molar-refractivity contribution in [2.75, 3.05) is 11.9 Å². The summed E-state index contributed by atoms with van der Waals surface area (Å²) < 4.78 is 28.0. The van der Waals surface area contributed by atoms with Crippen LogP contribution in [-0.4, -0.2) is 32.6 Å². The van der Waals surface area contributed by atoms with Gasteiger partial charge in [-0.1, -0.05) is 11.6 Å². The Balaban J connectivity index is 1.74. The molecule has 9 heteroatoms. The topological polar surface area (TPSA) is 88.0 Å². The van der Waals surface area contributed by atoms with Crippen LogP contribution in [0.5, 0.6) is 0 Å². The lowest BCUT2D eigenvalue weighted by molar-refractivity contribution is -0.120. The second-order valence-corrected chi connectivity index (χ2v) is 6.65. The Hall–Kier alpha value is -2.97. The quantitative estimate of drug-likeness (QED) is 0.572. The van der Waals surface area contributed by atoms with E-state index in [1.165, 1.54) is 24.4 Å².